The van der Waals surface area contributed by atoms with Crippen LogP contribution in [0.4, 0.5) is 0 Å². The number of methoxy groups -OCH3 is 1. The fourth-order valence-electron chi connectivity index (χ4n) is 6.99. The minimum absolute atomic E-state index is 0.0187. The first-order valence-corrected chi connectivity index (χ1v) is 14.2. The zero-order valence-electron chi connectivity index (χ0n) is 21.5. The van der Waals surface area contributed by atoms with Crippen molar-refractivity contribution >= 4 is 22.2 Å². The molecule has 7 nitrogen and oxygen atoms in total. The molecule has 0 unspecified atom stereocenters. The summed E-state index contributed by atoms with van der Waals surface area (Å²) in [5.74, 6) is 1.51. The third-order valence-electron chi connectivity index (χ3n) is 8.91. The van der Waals surface area contributed by atoms with E-state index in [0.29, 0.717) is 5.92 Å². The number of ether oxygens (including phenoxy) is 2. The fraction of sp³-hybridized carbons (Fsp3) is 0.607. The van der Waals surface area contributed by atoms with Crippen molar-refractivity contribution in [2.45, 2.75) is 43.7 Å². The number of fused-ring (bicyclic) bond motifs is 4. The van der Waals surface area contributed by atoms with Crippen LogP contribution in [0.2, 0.25) is 0 Å². The van der Waals surface area contributed by atoms with Gasteiger partial charge in [0.05, 0.1) is 31.8 Å². The van der Waals surface area contributed by atoms with Crippen LogP contribution in [0.15, 0.2) is 29.8 Å². The van der Waals surface area contributed by atoms with E-state index in [4.69, 9.17) is 9.47 Å². The quantitative estimate of drug-likeness (QED) is 0.542. The highest BCUT2D eigenvalue weighted by Crippen LogP contribution is 2.50. The monoisotopic (exact) mass is 510 g/mol. The Labute approximate surface area is 217 Å². The lowest BCUT2D eigenvalue weighted by Gasteiger charge is -2.51. The SMILES string of the molecule is COc1ccc2c3c(n(C)c2c1)[C@H](CO)N(CC1CCOCC1)CC31CCN(Cc2nccs2)CC1. The van der Waals surface area contributed by atoms with Crippen molar-refractivity contribution in [1.29, 1.82) is 0 Å². The van der Waals surface area contributed by atoms with Crippen LogP contribution >= 0.6 is 11.3 Å². The van der Waals surface area contributed by atoms with Crippen LogP contribution in [0.3, 0.4) is 0 Å². The summed E-state index contributed by atoms with van der Waals surface area (Å²) in [5, 5.41) is 15.3. The Kier molecular flexibility index (Phi) is 6.81. The molecule has 3 aromatic rings. The van der Waals surface area contributed by atoms with Gasteiger partial charge in [-0.05, 0) is 62.4 Å². The first kappa shape index (κ1) is 24.4. The van der Waals surface area contributed by atoms with Gasteiger partial charge in [-0.15, -0.1) is 11.3 Å². The van der Waals surface area contributed by atoms with Gasteiger partial charge in [0.1, 0.15) is 10.8 Å². The highest BCUT2D eigenvalue weighted by Gasteiger charge is 2.48. The number of aromatic nitrogens is 2. The van der Waals surface area contributed by atoms with E-state index >= 15 is 0 Å². The summed E-state index contributed by atoms with van der Waals surface area (Å²) in [6, 6.07) is 6.52. The summed E-state index contributed by atoms with van der Waals surface area (Å²) in [4.78, 5) is 9.71. The number of hydrogen-bond donors (Lipinski definition) is 1. The Bertz CT molecular complexity index is 1180. The molecule has 5 heterocycles. The lowest BCUT2D eigenvalue weighted by atomic mass is 9.68. The summed E-state index contributed by atoms with van der Waals surface area (Å²) in [5.41, 5.74) is 4.06. The van der Waals surface area contributed by atoms with Crippen molar-refractivity contribution in [3.63, 3.8) is 0 Å². The first-order valence-electron chi connectivity index (χ1n) is 13.3. The third-order valence-corrected chi connectivity index (χ3v) is 9.67. The average molecular weight is 511 g/mol. The van der Waals surface area contributed by atoms with Crippen molar-refractivity contribution in [2.24, 2.45) is 13.0 Å². The molecule has 3 aliphatic heterocycles. The Morgan fingerprint density at radius 2 is 2.03 bits per heavy atom. The van der Waals surface area contributed by atoms with Crippen LogP contribution in [0.25, 0.3) is 10.9 Å². The number of thiazole rings is 1. The lowest BCUT2D eigenvalue weighted by molar-refractivity contribution is 0.00937. The number of aliphatic hydroxyl groups excluding tert-OH is 1. The van der Waals surface area contributed by atoms with E-state index in [1.54, 1.807) is 18.4 Å². The smallest absolute Gasteiger partial charge is 0.120 e. The molecule has 0 aliphatic carbocycles. The number of benzene rings is 1. The molecular weight excluding hydrogens is 472 g/mol. The molecule has 8 heteroatoms. The van der Waals surface area contributed by atoms with Crippen molar-refractivity contribution in [2.75, 3.05) is 53.1 Å². The van der Waals surface area contributed by atoms with Crippen molar-refractivity contribution < 1.29 is 14.6 Å². The van der Waals surface area contributed by atoms with Gasteiger partial charge in [0.15, 0.2) is 0 Å². The number of hydrogen-bond acceptors (Lipinski definition) is 7. The highest BCUT2D eigenvalue weighted by molar-refractivity contribution is 7.09. The van der Waals surface area contributed by atoms with Gasteiger partial charge in [-0.25, -0.2) is 4.98 Å². The largest absolute Gasteiger partial charge is 0.497 e. The van der Waals surface area contributed by atoms with Crippen LogP contribution in [0.5, 0.6) is 5.75 Å². The maximum absolute atomic E-state index is 10.7. The lowest BCUT2D eigenvalue weighted by Crippen LogP contribution is -2.55. The second-order valence-corrected chi connectivity index (χ2v) is 11.8. The molecule has 2 aromatic heterocycles. The maximum atomic E-state index is 10.7. The molecular formula is C28H38N4O3S. The molecule has 1 N–H and O–H groups in total. The summed E-state index contributed by atoms with van der Waals surface area (Å²) in [7, 11) is 3.91. The molecule has 0 saturated carbocycles. The molecule has 1 aromatic carbocycles. The third kappa shape index (κ3) is 4.27. The molecule has 1 spiro atoms. The molecule has 36 heavy (non-hydrogen) atoms. The second-order valence-electron chi connectivity index (χ2n) is 10.9. The first-order chi connectivity index (χ1) is 17.6. The molecule has 0 radical (unpaired) electrons. The summed E-state index contributed by atoms with van der Waals surface area (Å²) < 4.78 is 13.6. The Morgan fingerprint density at radius 3 is 2.72 bits per heavy atom. The summed E-state index contributed by atoms with van der Waals surface area (Å²) in [6.45, 7) is 6.99. The van der Waals surface area contributed by atoms with E-state index in [1.165, 1.54) is 27.2 Å². The highest BCUT2D eigenvalue weighted by atomic mass is 32.1. The van der Waals surface area contributed by atoms with Crippen LogP contribution in [-0.4, -0.2) is 77.6 Å². The summed E-state index contributed by atoms with van der Waals surface area (Å²) in [6.07, 6.45) is 6.38. The fourth-order valence-corrected chi connectivity index (χ4v) is 7.64. The molecule has 194 valence electrons. The minimum atomic E-state index is 0.0187. The van der Waals surface area contributed by atoms with Crippen molar-refractivity contribution in [1.82, 2.24) is 19.4 Å². The zero-order chi connectivity index (χ0) is 24.7. The predicted molar refractivity (Wildman–Crippen MR) is 143 cm³/mol. The Balaban J connectivity index is 1.39. The van der Waals surface area contributed by atoms with E-state index in [9.17, 15) is 5.11 Å². The standard InChI is InChI=1S/C28H38N4O3S/c1-30-23-15-21(34-2)3-4-22(23)26-27(30)24(18-33)32(16-20-5-12-35-13-6-20)19-28(26)7-10-31(11-8-28)17-25-29-9-14-36-25/h3-4,9,14-15,20,24,33H,5-8,10-13,16-19H2,1-2H3/t24-/m0/s1. The number of likely N-dealkylation sites (tertiary alicyclic amines) is 1. The number of aliphatic hydroxyl groups is 1. The second kappa shape index (κ2) is 10.1. The molecule has 3 aliphatic rings. The molecule has 2 saturated heterocycles. The molecule has 6 rings (SSSR count). The number of nitrogens with zero attached hydrogens (tertiary/aromatic N) is 4. The molecule has 0 bridgehead atoms. The molecule has 2 fully saturated rings. The van der Waals surface area contributed by atoms with E-state index in [1.807, 2.05) is 6.20 Å². The van der Waals surface area contributed by atoms with Crippen LogP contribution < -0.4 is 4.74 Å². The van der Waals surface area contributed by atoms with Gasteiger partial charge in [-0.1, -0.05) is 0 Å². The van der Waals surface area contributed by atoms with Gasteiger partial charge >= 0.3 is 0 Å². The van der Waals surface area contributed by atoms with E-state index in [2.05, 4.69) is 50.0 Å². The van der Waals surface area contributed by atoms with Crippen molar-refractivity contribution in [3.05, 3.63) is 46.0 Å². The van der Waals surface area contributed by atoms with E-state index in [0.717, 1.165) is 77.4 Å². The van der Waals surface area contributed by atoms with Crippen molar-refractivity contribution in [3.8, 4) is 5.75 Å². The Morgan fingerprint density at radius 1 is 1.22 bits per heavy atom. The minimum Gasteiger partial charge on any atom is -0.497 e. The normalized spacial score (nSPS) is 23.4. The van der Waals surface area contributed by atoms with Gasteiger partial charge in [-0.3, -0.25) is 9.80 Å². The van der Waals surface area contributed by atoms with E-state index < -0.39 is 0 Å². The van der Waals surface area contributed by atoms with E-state index in [-0.39, 0.29) is 18.1 Å². The number of aryl methyl sites for hydroxylation is 1. The predicted octanol–water partition coefficient (Wildman–Crippen LogP) is 3.95. The van der Waals surface area contributed by atoms with Crippen LogP contribution in [0.1, 0.15) is 48.0 Å². The van der Waals surface area contributed by atoms with Crippen LogP contribution in [-0.2, 0) is 23.7 Å². The van der Waals surface area contributed by atoms with Gasteiger partial charge in [-0.2, -0.15) is 0 Å². The van der Waals surface area contributed by atoms with Gasteiger partial charge in [0.25, 0.3) is 0 Å². The maximum Gasteiger partial charge on any atom is 0.120 e. The van der Waals surface area contributed by atoms with Crippen LogP contribution in [0, 0.1) is 5.92 Å². The number of piperidine rings is 1. The Hall–Kier alpha value is -1.97. The van der Waals surface area contributed by atoms with Gasteiger partial charge in [0, 0.05) is 67.5 Å². The molecule has 1 atom stereocenters. The average Bonchev–Trinajstić information content (AvgIpc) is 3.53. The summed E-state index contributed by atoms with van der Waals surface area (Å²) >= 11 is 1.75. The topological polar surface area (TPSA) is 63.0 Å². The number of rotatable bonds is 6. The molecule has 0 amide bonds. The zero-order valence-corrected chi connectivity index (χ0v) is 22.3. The van der Waals surface area contributed by atoms with Gasteiger partial charge in [0.2, 0.25) is 0 Å². The van der Waals surface area contributed by atoms with Gasteiger partial charge < -0.3 is 19.1 Å².